The number of hydrogen-bond acceptors (Lipinski definition) is 2. The van der Waals surface area contributed by atoms with Crippen LogP contribution in [0.25, 0.3) is 0 Å². The molecule has 0 amide bonds. The number of ether oxygens (including phenoxy) is 1. The lowest BCUT2D eigenvalue weighted by molar-refractivity contribution is -0.0183. The standard InChI is InChI=1S/C10H18BrNO/c11-7-10-8-13-6-5-12(10)9-3-1-2-4-9/h9-10H,1-8H2. The summed E-state index contributed by atoms with van der Waals surface area (Å²) < 4.78 is 5.49. The van der Waals surface area contributed by atoms with Crippen molar-refractivity contribution < 1.29 is 4.74 Å². The van der Waals surface area contributed by atoms with E-state index in [1.54, 1.807) is 0 Å². The average molecular weight is 248 g/mol. The van der Waals surface area contributed by atoms with Gasteiger partial charge in [0.15, 0.2) is 0 Å². The van der Waals surface area contributed by atoms with Crippen molar-refractivity contribution >= 4 is 15.9 Å². The molecule has 13 heavy (non-hydrogen) atoms. The van der Waals surface area contributed by atoms with Crippen LogP contribution in [0.4, 0.5) is 0 Å². The smallest absolute Gasteiger partial charge is 0.0630 e. The molecule has 0 bridgehead atoms. The molecule has 2 fully saturated rings. The van der Waals surface area contributed by atoms with Crippen molar-refractivity contribution in [3.63, 3.8) is 0 Å². The van der Waals surface area contributed by atoms with Crippen LogP contribution in [-0.4, -0.2) is 42.1 Å². The van der Waals surface area contributed by atoms with Gasteiger partial charge in [-0.1, -0.05) is 28.8 Å². The third-order valence-electron chi connectivity index (χ3n) is 3.24. The summed E-state index contributed by atoms with van der Waals surface area (Å²) in [6, 6.07) is 1.48. The molecule has 2 aliphatic rings. The third kappa shape index (κ3) is 2.25. The Bertz CT molecular complexity index is 157. The van der Waals surface area contributed by atoms with Crippen molar-refractivity contribution in [2.24, 2.45) is 0 Å². The van der Waals surface area contributed by atoms with Gasteiger partial charge in [0, 0.05) is 24.0 Å². The molecule has 3 heteroatoms. The maximum atomic E-state index is 5.49. The van der Waals surface area contributed by atoms with Crippen molar-refractivity contribution in [3.8, 4) is 0 Å². The van der Waals surface area contributed by atoms with Crippen LogP contribution in [0.5, 0.6) is 0 Å². The average Bonchev–Trinajstić information content (AvgIpc) is 2.70. The molecule has 1 saturated carbocycles. The highest BCUT2D eigenvalue weighted by molar-refractivity contribution is 9.09. The predicted molar refractivity (Wildman–Crippen MR) is 57.4 cm³/mol. The van der Waals surface area contributed by atoms with Crippen LogP contribution in [0.2, 0.25) is 0 Å². The zero-order valence-corrected chi connectivity index (χ0v) is 9.63. The van der Waals surface area contributed by atoms with Crippen molar-refractivity contribution in [2.45, 2.75) is 37.8 Å². The molecule has 1 atom stereocenters. The van der Waals surface area contributed by atoms with Crippen molar-refractivity contribution in [1.82, 2.24) is 4.90 Å². The maximum absolute atomic E-state index is 5.49. The van der Waals surface area contributed by atoms with Gasteiger partial charge in [0.2, 0.25) is 0 Å². The first-order valence-corrected chi connectivity index (χ1v) is 6.43. The minimum Gasteiger partial charge on any atom is -0.378 e. The quantitative estimate of drug-likeness (QED) is 0.693. The Kier molecular flexibility index (Phi) is 3.64. The summed E-state index contributed by atoms with van der Waals surface area (Å²) in [5.74, 6) is 0. The Balaban J connectivity index is 1.93. The lowest BCUT2D eigenvalue weighted by Crippen LogP contribution is -2.50. The molecule has 2 rings (SSSR count). The number of alkyl halides is 1. The van der Waals surface area contributed by atoms with E-state index in [1.807, 2.05) is 0 Å². The van der Waals surface area contributed by atoms with E-state index in [4.69, 9.17) is 4.74 Å². The molecule has 1 heterocycles. The van der Waals surface area contributed by atoms with Gasteiger partial charge in [0.25, 0.3) is 0 Å². The highest BCUT2D eigenvalue weighted by atomic mass is 79.9. The van der Waals surface area contributed by atoms with Crippen LogP contribution >= 0.6 is 15.9 Å². The molecule has 0 aromatic heterocycles. The second kappa shape index (κ2) is 4.76. The summed E-state index contributed by atoms with van der Waals surface area (Å²) in [6.07, 6.45) is 5.67. The van der Waals surface area contributed by atoms with Gasteiger partial charge in [-0.05, 0) is 12.8 Å². The van der Waals surface area contributed by atoms with E-state index in [0.717, 1.165) is 31.1 Å². The van der Waals surface area contributed by atoms with E-state index in [-0.39, 0.29) is 0 Å². The van der Waals surface area contributed by atoms with E-state index in [9.17, 15) is 0 Å². The molecule has 0 spiro atoms. The molecular formula is C10H18BrNO. The van der Waals surface area contributed by atoms with Crippen molar-refractivity contribution in [3.05, 3.63) is 0 Å². The molecule has 0 radical (unpaired) electrons. The zero-order chi connectivity index (χ0) is 9.10. The molecule has 0 aromatic rings. The van der Waals surface area contributed by atoms with Crippen LogP contribution in [0.15, 0.2) is 0 Å². The van der Waals surface area contributed by atoms with Gasteiger partial charge < -0.3 is 4.74 Å². The number of halogens is 1. The number of morpholine rings is 1. The number of hydrogen-bond donors (Lipinski definition) is 0. The lowest BCUT2D eigenvalue weighted by atomic mass is 10.1. The number of nitrogens with zero attached hydrogens (tertiary/aromatic N) is 1. The Labute approximate surface area is 88.8 Å². The molecule has 1 saturated heterocycles. The van der Waals surface area contributed by atoms with E-state index >= 15 is 0 Å². The van der Waals surface area contributed by atoms with E-state index in [0.29, 0.717) is 6.04 Å². The van der Waals surface area contributed by atoms with Crippen LogP contribution in [0.3, 0.4) is 0 Å². The first-order valence-electron chi connectivity index (χ1n) is 5.31. The summed E-state index contributed by atoms with van der Waals surface area (Å²) in [5.41, 5.74) is 0. The summed E-state index contributed by atoms with van der Waals surface area (Å²) in [4.78, 5) is 2.66. The van der Waals surface area contributed by atoms with Crippen LogP contribution < -0.4 is 0 Å². The monoisotopic (exact) mass is 247 g/mol. The van der Waals surface area contributed by atoms with Gasteiger partial charge in [0.1, 0.15) is 0 Å². The van der Waals surface area contributed by atoms with E-state index in [1.165, 1.54) is 25.7 Å². The Morgan fingerprint density at radius 3 is 2.77 bits per heavy atom. The maximum Gasteiger partial charge on any atom is 0.0630 e. The third-order valence-corrected chi connectivity index (χ3v) is 3.99. The molecule has 1 aliphatic heterocycles. The first-order chi connectivity index (χ1) is 6.42. The predicted octanol–water partition coefficient (Wildman–Crippen LogP) is 2.02. The van der Waals surface area contributed by atoms with E-state index in [2.05, 4.69) is 20.8 Å². The van der Waals surface area contributed by atoms with Crippen LogP contribution in [0, 0.1) is 0 Å². The summed E-state index contributed by atoms with van der Waals surface area (Å²) in [7, 11) is 0. The van der Waals surface area contributed by atoms with E-state index < -0.39 is 0 Å². The molecule has 2 nitrogen and oxygen atoms in total. The normalized spacial score (nSPS) is 32.5. The summed E-state index contributed by atoms with van der Waals surface area (Å²) in [5, 5.41) is 1.06. The Morgan fingerprint density at radius 2 is 2.08 bits per heavy atom. The molecule has 0 N–H and O–H groups in total. The first kappa shape index (κ1) is 9.94. The van der Waals surface area contributed by atoms with Crippen molar-refractivity contribution in [2.75, 3.05) is 25.1 Å². The van der Waals surface area contributed by atoms with Crippen LogP contribution in [0.1, 0.15) is 25.7 Å². The SMILES string of the molecule is BrCC1COCCN1C1CCCC1. The zero-order valence-electron chi connectivity index (χ0n) is 8.04. The van der Waals surface area contributed by atoms with Gasteiger partial charge in [-0.3, -0.25) is 4.90 Å². The fourth-order valence-corrected chi connectivity index (χ4v) is 3.08. The Hall–Kier alpha value is 0.400. The fraction of sp³-hybridized carbons (Fsp3) is 1.00. The topological polar surface area (TPSA) is 12.5 Å². The van der Waals surface area contributed by atoms with Gasteiger partial charge in [0.05, 0.1) is 13.2 Å². The van der Waals surface area contributed by atoms with Crippen molar-refractivity contribution in [1.29, 1.82) is 0 Å². The van der Waals surface area contributed by atoms with Gasteiger partial charge >= 0.3 is 0 Å². The van der Waals surface area contributed by atoms with Gasteiger partial charge in [-0.15, -0.1) is 0 Å². The molecule has 76 valence electrons. The summed E-state index contributed by atoms with van der Waals surface area (Å²) >= 11 is 3.58. The molecular weight excluding hydrogens is 230 g/mol. The molecule has 1 aliphatic carbocycles. The Morgan fingerprint density at radius 1 is 1.31 bits per heavy atom. The minimum absolute atomic E-state index is 0.622. The van der Waals surface area contributed by atoms with Crippen LogP contribution in [-0.2, 0) is 4.74 Å². The second-order valence-electron chi connectivity index (χ2n) is 4.06. The summed E-state index contributed by atoms with van der Waals surface area (Å²) in [6.45, 7) is 2.99. The second-order valence-corrected chi connectivity index (χ2v) is 4.71. The fourth-order valence-electron chi connectivity index (χ4n) is 2.52. The minimum atomic E-state index is 0.622. The largest absolute Gasteiger partial charge is 0.378 e. The highest BCUT2D eigenvalue weighted by Crippen LogP contribution is 2.26. The van der Waals surface area contributed by atoms with Gasteiger partial charge in [-0.2, -0.15) is 0 Å². The lowest BCUT2D eigenvalue weighted by Gasteiger charge is -2.38. The molecule has 1 unspecified atom stereocenters. The number of rotatable bonds is 2. The highest BCUT2D eigenvalue weighted by Gasteiger charge is 2.30. The molecule has 0 aromatic carbocycles. The van der Waals surface area contributed by atoms with Gasteiger partial charge in [-0.25, -0.2) is 0 Å².